The van der Waals surface area contributed by atoms with Crippen molar-refractivity contribution in [1.29, 1.82) is 0 Å². The van der Waals surface area contributed by atoms with Crippen LogP contribution >= 0.6 is 9.12 Å². The lowest BCUT2D eigenvalue weighted by atomic mass is 9.79. The van der Waals surface area contributed by atoms with Gasteiger partial charge in [0, 0.05) is 5.56 Å². The van der Waals surface area contributed by atoms with Gasteiger partial charge in [0.15, 0.2) is 5.78 Å². The first kappa shape index (κ1) is 27.6. The summed E-state index contributed by atoms with van der Waals surface area (Å²) in [5.41, 5.74) is 3.85. The molecule has 0 fully saturated rings. The molecule has 0 bridgehead atoms. The topological polar surface area (TPSA) is 60.4 Å². The molecule has 3 atom stereocenters. The maximum absolute atomic E-state index is 13.4. The highest BCUT2D eigenvalue weighted by molar-refractivity contribution is 7.00. The summed E-state index contributed by atoms with van der Waals surface area (Å²) in [6.45, 7) is 17.1. The van der Waals surface area contributed by atoms with E-state index in [1.165, 1.54) is 0 Å². The lowest BCUT2D eigenvalue weighted by molar-refractivity contribution is -0.147. The first-order valence-electron chi connectivity index (χ1n) is 10.5. The molecule has 0 saturated heterocycles. The maximum atomic E-state index is 13.4. The number of unbranched alkanes of at least 4 members (excludes halogenated alkanes) is 1. The zero-order chi connectivity index (χ0) is 22.8. The van der Waals surface area contributed by atoms with Crippen molar-refractivity contribution in [1.82, 2.24) is 0 Å². The van der Waals surface area contributed by atoms with Crippen molar-refractivity contribution in [3.63, 3.8) is 0 Å². The number of rotatable bonds is 9. The summed E-state index contributed by atoms with van der Waals surface area (Å²) >= 11 is 0. The van der Waals surface area contributed by atoms with Gasteiger partial charge in [-0.05, 0) is 62.5 Å². The van der Waals surface area contributed by atoms with Crippen molar-refractivity contribution in [3.05, 3.63) is 34.4 Å². The lowest BCUT2D eigenvalue weighted by Crippen LogP contribution is -2.30. The number of Topliss-reactive ketones (excluding diaryl/α,β-unsaturated/α-hetero) is 1. The summed E-state index contributed by atoms with van der Waals surface area (Å²) < 4.78 is 13.7. The van der Waals surface area contributed by atoms with E-state index in [1.54, 1.807) is 0 Å². The van der Waals surface area contributed by atoms with Gasteiger partial charge in [0.1, 0.15) is 5.92 Å². The highest BCUT2D eigenvalue weighted by Crippen LogP contribution is 2.31. The van der Waals surface area contributed by atoms with E-state index in [0.29, 0.717) is 27.7 Å². The highest BCUT2D eigenvalue weighted by atomic mass is 31.0. The van der Waals surface area contributed by atoms with Crippen LogP contribution in [0.3, 0.4) is 0 Å². The fraction of sp³-hybridized carbons (Fsp3) is 0.667. The van der Waals surface area contributed by atoms with Crippen LogP contribution in [-0.4, -0.2) is 18.4 Å². The van der Waals surface area contributed by atoms with Gasteiger partial charge in [-0.1, -0.05) is 58.7 Å². The van der Waals surface area contributed by atoms with Crippen molar-refractivity contribution in [3.8, 4) is 0 Å². The van der Waals surface area contributed by atoms with Gasteiger partial charge in [-0.3, -0.25) is 9.59 Å². The molecule has 0 N–H and O–H groups in total. The van der Waals surface area contributed by atoms with Crippen LogP contribution in [0, 0.1) is 38.0 Å². The second-order valence-corrected chi connectivity index (χ2v) is 9.32. The Morgan fingerprint density at radius 1 is 1.07 bits per heavy atom. The first-order valence-corrected chi connectivity index (χ1v) is 11.1. The van der Waals surface area contributed by atoms with Crippen LogP contribution in [0.4, 0.5) is 0 Å². The second-order valence-electron chi connectivity index (χ2n) is 9.32. The Balaban J connectivity index is 0.00000379. The molecule has 0 radical (unpaired) electrons. The third-order valence-electron chi connectivity index (χ3n) is 4.87. The highest BCUT2D eigenvalue weighted by Gasteiger charge is 2.33. The van der Waals surface area contributed by atoms with Crippen molar-refractivity contribution in [2.24, 2.45) is 17.3 Å². The monoisotopic (exact) mass is 424 g/mol. The molecule has 0 aliphatic rings. The Hall–Kier alpha value is -1.41. The molecular weight excluding hydrogens is 383 g/mol. The van der Waals surface area contributed by atoms with Crippen LogP contribution in [0.25, 0.3) is 0 Å². The van der Waals surface area contributed by atoms with Crippen molar-refractivity contribution >= 4 is 20.9 Å². The number of hydrogen-bond acceptors (Lipinski definition) is 4. The van der Waals surface area contributed by atoms with Crippen LogP contribution in [0.2, 0.25) is 0 Å². The van der Waals surface area contributed by atoms with Crippen LogP contribution in [0.5, 0.6) is 0 Å². The van der Waals surface area contributed by atoms with Gasteiger partial charge in [0.25, 0.3) is 0 Å². The van der Waals surface area contributed by atoms with E-state index >= 15 is 0 Å². The lowest BCUT2D eigenvalue weighted by Gasteiger charge is -2.26. The minimum Gasteiger partial charge on any atom is -0.465 e. The van der Waals surface area contributed by atoms with E-state index in [9.17, 15) is 9.59 Å². The Kier molecular flexibility index (Phi) is 12.4. The standard InChI is InChI=1S/C24H38O3.H3OP/c1-9-10-11-27-23(26)20(14-17(3)15-24(6,7)8)22(25)21-18(4)12-16(2)13-19(21)5;1-2/h12-13,17,20H,9-11,14-15H2,1-8H3;2H3. The molecule has 0 spiro atoms. The molecule has 4 nitrogen and oxygen atoms in total. The van der Waals surface area contributed by atoms with Crippen LogP contribution < -0.4 is 0 Å². The van der Waals surface area contributed by atoms with Crippen molar-refractivity contribution in [2.75, 3.05) is 6.61 Å². The molecule has 5 heteroatoms. The fourth-order valence-electron chi connectivity index (χ4n) is 4.00. The molecule has 0 aromatic heterocycles. The fourth-order valence-corrected chi connectivity index (χ4v) is 4.00. The van der Waals surface area contributed by atoms with E-state index in [1.807, 2.05) is 32.9 Å². The summed E-state index contributed by atoms with van der Waals surface area (Å²) in [4.78, 5) is 26.2. The minimum atomic E-state index is -0.723. The summed E-state index contributed by atoms with van der Waals surface area (Å²) in [5, 5.41) is 0. The van der Waals surface area contributed by atoms with E-state index in [0.717, 1.165) is 36.0 Å². The average molecular weight is 425 g/mol. The average Bonchev–Trinajstić information content (AvgIpc) is 2.59. The van der Waals surface area contributed by atoms with Crippen LogP contribution in [0.1, 0.15) is 87.4 Å². The quantitative estimate of drug-likeness (QED) is 0.157. The van der Waals surface area contributed by atoms with Crippen LogP contribution in [-0.2, 0) is 14.1 Å². The number of aryl methyl sites for hydroxylation is 3. The van der Waals surface area contributed by atoms with Gasteiger partial charge in [-0.15, -0.1) is 0 Å². The maximum Gasteiger partial charge on any atom is 0.316 e. The molecule has 0 saturated carbocycles. The zero-order valence-corrected chi connectivity index (χ0v) is 21.1. The molecule has 0 heterocycles. The Bertz CT molecular complexity index is 653. The SMILES string of the molecule is CCCCOC(=O)C(CC(C)CC(C)(C)C)C(=O)c1c(C)cc(C)cc1C.O=[PH3]. The van der Waals surface area contributed by atoms with Gasteiger partial charge >= 0.3 is 5.97 Å². The molecule has 166 valence electrons. The van der Waals surface area contributed by atoms with E-state index in [-0.39, 0.29) is 23.1 Å². The Labute approximate surface area is 179 Å². The van der Waals surface area contributed by atoms with Crippen molar-refractivity contribution in [2.45, 2.75) is 81.1 Å². The molecule has 1 aromatic rings. The number of carbonyl (C=O) groups is 2. The molecule has 0 amide bonds. The van der Waals surface area contributed by atoms with Gasteiger partial charge in [0.2, 0.25) is 0 Å². The number of benzene rings is 1. The number of ketones is 1. The van der Waals surface area contributed by atoms with Gasteiger partial charge in [0.05, 0.1) is 15.7 Å². The summed E-state index contributed by atoms with van der Waals surface area (Å²) in [5.74, 6) is -0.913. The normalized spacial score (nSPS) is 13.2. The number of ether oxygens (including phenoxy) is 1. The second kappa shape index (κ2) is 13.0. The van der Waals surface area contributed by atoms with E-state index < -0.39 is 5.92 Å². The first-order chi connectivity index (χ1) is 13.5. The predicted molar refractivity (Wildman–Crippen MR) is 124 cm³/mol. The van der Waals surface area contributed by atoms with Crippen LogP contribution in [0.15, 0.2) is 12.1 Å². The number of esters is 1. The number of carbonyl (C=O) groups excluding carboxylic acids is 2. The summed E-state index contributed by atoms with van der Waals surface area (Å²) in [7, 11) is 0.611. The molecule has 0 aliphatic carbocycles. The Morgan fingerprint density at radius 3 is 2.03 bits per heavy atom. The molecule has 1 rings (SSSR count). The zero-order valence-electron chi connectivity index (χ0n) is 19.7. The number of hydrogen-bond donors (Lipinski definition) is 0. The largest absolute Gasteiger partial charge is 0.465 e. The smallest absolute Gasteiger partial charge is 0.316 e. The van der Waals surface area contributed by atoms with Gasteiger partial charge < -0.3 is 9.30 Å². The summed E-state index contributed by atoms with van der Waals surface area (Å²) in [6.07, 6.45) is 3.29. The van der Waals surface area contributed by atoms with E-state index in [4.69, 9.17) is 9.30 Å². The van der Waals surface area contributed by atoms with Crippen molar-refractivity contribution < 1.29 is 18.9 Å². The molecule has 0 aliphatic heterocycles. The Morgan fingerprint density at radius 2 is 1.59 bits per heavy atom. The summed E-state index contributed by atoms with van der Waals surface area (Å²) in [6, 6.07) is 4.02. The van der Waals surface area contributed by atoms with Gasteiger partial charge in [-0.2, -0.15) is 0 Å². The molecular formula is C24H41O4P. The minimum absolute atomic E-state index is 0.0905. The molecule has 29 heavy (non-hydrogen) atoms. The van der Waals surface area contributed by atoms with Gasteiger partial charge in [-0.25, -0.2) is 0 Å². The van der Waals surface area contributed by atoms with E-state index in [2.05, 4.69) is 34.6 Å². The third kappa shape index (κ3) is 9.76. The molecule has 1 aromatic carbocycles. The predicted octanol–water partition coefficient (Wildman–Crippen LogP) is 6.16. The third-order valence-corrected chi connectivity index (χ3v) is 4.87. The molecule has 3 unspecified atom stereocenters.